The number of benzene rings is 1. The molecule has 1 fully saturated rings. The summed E-state index contributed by atoms with van der Waals surface area (Å²) in [5.41, 5.74) is 3.67. The highest BCUT2D eigenvalue weighted by molar-refractivity contribution is 7.99. The molecule has 0 radical (unpaired) electrons. The van der Waals surface area contributed by atoms with E-state index in [9.17, 15) is 4.79 Å². The molecule has 2 atom stereocenters. The summed E-state index contributed by atoms with van der Waals surface area (Å²) in [7, 11) is 0. The van der Waals surface area contributed by atoms with E-state index in [2.05, 4.69) is 67.7 Å². The number of anilines is 1. The van der Waals surface area contributed by atoms with Gasteiger partial charge in [-0.3, -0.25) is 9.69 Å². The minimum Gasteiger partial charge on any atom is -0.379 e. The van der Waals surface area contributed by atoms with Crippen LogP contribution in [0, 0.1) is 0 Å². The zero-order valence-corrected chi connectivity index (χ0v) is 21.2. The number of amides is 1. The largest absolute Gasteiger partial charge is 0.379 e. The van der Waals surface area contributed by atoms with Crippen LogP contribution < -0.4 is 4.90 Å². The Balaban J connectivity index is 1.36. The molecular weight excluding hydrogens is 468 g/mol. The highest BCUT2D eigenvalue weighted by Crippen LogP contribution is 2.51. The molecule has 1 aromatic carbocycles. The Morgan fingerprint density at radius 2 is 1.73 bits per heavy atom. The number of ether oxygens (including phenoxy) is 1. The van der Waals surface area contributed by atoms with Crippen LogP contribution in [0.2, 0.25) is 0 Å². The molecule has 2 aromatic heterocycles. The van der Waals surface area contributed by atoms with Crippen molar-refractivity contribution >= 4 is 46.0 Å². The SMILES string of the molecule is O=C(CCCCN1CCOCC1)N1c2ccccc2SC(c2ccsc2)CC1c1ccsc1. The fourth-order valence-corrected chi connectivity index (χ4v) is 7.53. The maximum atomic E-state index is 13.8. The Hall–Kier alpha value is -1.64. The van der Waals surface area contributed by atoms with E-state index >= 15 is 0 Å². The first-order valence-electron chi connectivity index (χ1n) is 11.7. The number of hydrogen-bond donors (Lipinski definition) is 0. The second-order valence-corrected chi connectivity index (χ2v) is 11.4. The summed E-state index contributed by atoms with van der Waals surface area (Å²) >= 11 is 5.36. The van der Waals surface area contributed by atoms with Gasteiger partial charge < -0.3 is 9.64 Å². The smallest absolute Gasteiger partial charge is 0.227 e. The number of unbranched alkanes of at least 4 members (excludes halogenated alkanes) is 1. The summed E-state index contributed by atoms with van der Waals surface area (Å²) in [5.74, 6) is 0.243. The van der Waals surface area contributed by atoms with Crippen LogP contribution in [0.25, 0.3) is 0 Å². The average Bonchev–Trinajstić information content (AvgIpc) is 3.55. The predicted octanol–water partition coefficient (Wildman–Crippen LogP) is 6.62. The van der Waals surface area contributed by atoms with Gasteiger partial charge in [-0.2, -0.15) is 22.7 Å². The number of carbonyl (C=O) groups is 1. The number of para-hydroxylation sites is 1. The molecule has 0 saturated carbocycles. The van der Waals surface area contributed by atoms with Crippen LogP contribution in [0.4, 0.5) is 5.69 Å². The summed E-state index contributed by atoms with van der Waals surface area (Å²) in [5, 5.41) is 9.09. The number of morpholine rings is 1. The Bertz CT molecular complexity index is 1020. The molecular formula is C26H30N2O2S3. The summed E-state index contributed by atoms with van der Waals surface area (Å²) in [4.78, 5) is 19.5. The number of rotatable bonds is 7. The molecule has 3 aromatic rings. The van der Waals surface area contributed by atoms with E-state index in [4.69, 9.17) is 4.74 Å². The molecule has 4 heterocycles. The topological polar surface area (TPSA) is 32.8 Å². The second-order valence-electron chi connectivity index (χ2n) is 8.61. The van der Waals surface area contributed by atoms with Gasteiger partial charge in [0.05, 0.1) is 24.9 Å². The molecule has 2 aliphatic rings. The lowest BCUT2D eigenvalue weighted by Gasteiger charge is -2.32. The minimum atomic E-state index is 0.0593. The molecule has 0 bridgehead atoms. The number of thioether (sulfide) groups is 1. The lowest BCUT2D eigenvalue weighted by molar-refractivity contribution is -0.119. The van der Waals surface area contributed by atoms with Crippen LogP contribution in [0.3, 0.4) is 0 Å². The molecule has 4 nitrogen and oxygen atoms in total. The van der Waals surface area contributed by atoms with Gasteiger partial charge in [0.1, 0.15) is 0 Å². The maximum Gasteiger partial charge on any atom is 0.227 e. The number of fused-ring (bicyclic) bond motifs is 1. The third kappa shape index (κ3) is 5.54. The van der Waals surface area contributed by atoms with Gasteiger partial charge in [-0.25, -0.2) is 0 Å². The van der Waals surface area contributed by atoms with E-state index in [0.29, 0.717) is 11.7 Å². The summed E-state index contributed by atoms with van der Waals surface area (Å²) in [6.07, 6.45) is 3.49. The third-order valence-electron chi connectivity index (χ3n) is 6.47. The van der Waals surface area contributed by atoms with E-state index in [1.165, 1.54) is 16.0 Å². The van der Waals surface area contributed by atoms with E-state index in [0.717, 1.165) is 57.8 Å². The highest BCUT2D eigenvalue weighted by atomic mass is 32.2. The Morgan fingerprint density at radius 3 is 2.48 bits per heavy atom. The van der Waals surface area contributed by atoms with Gasteiger partial charge in [-0.05, 0) is 82.7 Å². The van der Waals surface area contributed by atoms with Crippen molar-refractivity contribution in [3.8, 4) is 0 Å². The van der Waals surface area contributed by atoms with Crippen molar-refractivity contribution in [1.29, 1.82) is 0 Å². The highest BCUT2D eigenvalue weighted by Gasteiger charge is 2.35. The van der Waals surface area contributed by atoms with E-state index in [-0.39, 0.29) is 11.9 Å². The van der Waals surface area contributed by atoms with Crippen molar-refractivity contribution in [2.75, 3.05) is 37.7 Å². The van der Waals surface area contributed by atoms with Gasteiger partial charge in [0.25, 0.3) is 0 Å². The van der Waals surface area contributed by atoms with Gasteiger partial charge in [-0.15, -0.1) is 11.8 Å². The standard InChI is InChI=1S/C26H30N2O2S3/c29-26(7-3-4-10-27-11-13-30-14-12-27)28-22-5-1-2-6-24(22)33-25(21-9-16-32-19-21)17-23(28)20-8-15-31-18-20/h1-2,5-6,8-9,15-16,18-19,23,25H,3-4,7,10-14,17H2. The number of hydrogen-bond acceptors (Lipinski definition) is 6. The fraction of sp³-hybridized carbons (Fsp3) is 0.423. The Kier molecular flexibility index (Phi) is 7.84. The van der Waals surface area contributed by atoms with Crippen molar-refractivity contribution in [2.45, 2.75) is 41.9 Å². The molecule has 1 amide bonds. The molecule has 0 N–H and O–H groups in total. The van der Waals surface area contributed by atoms with Crippen LogP contribution in [0.15, 0.2) is 62.8 Å². The monoisotopic (exact) mass is 498 g/mol. The lowest BCUT2D eigenvalue weighted by Crippen LogP contribution is -2.37. The zero-order valence-electron chi connectivity index (χ0n) is 18.7. The van der Waals surface area contributed by atoms with Gasteiger partial charge in [0.2, 0.25) is 5.91 Å². The summed E-state index contributed by atoms with van der Waals surface area (Å²) < 4.78 is 5.45. The predicted molar refractivity (Wildman–Crippen MR) is 140 cm³/mol. The quantitative estimate of drug-likeness (QED) is 0.343. The van der Waals surface area contributed by atoms with Crippen LogP contribution in [-0.2, 0) is 9.53 Å². The van der Waals surface area contributed by atoms with Crippen LogP contribution in [0.5, 0.6) is 0 Å². The van der Waals surface area contributed by atoms with Crippen LogP contribution in [0.1, 0.15) is 48.1 Å². The fourth-order valence-electron chi connectivity index (χ4n) is 4.71. The molecule has 1 saturated heterocycles. The first-order chi connectivity index (χ1) is 16.3. The molecule has 2 aliphatic heterocycles. The molecule has 0 aliphatic carbocycles. The number of nitrogens with zero attached hydrogens (tertiary/aromatic N) is 2. The van der Waals surface area contributed by atoms with Crippen LogP contribution in [-0.4, -0.2) is 43.7 Å². The number of thiophene rings is 2. The van der Waals surface area contributed by atoms with Gasteiger partial charge in [0.15, 0.2) is 0 Å². The zero-order chi connectivity index (χ0) is 22.5. The van der Waals surface area contributed by atoms with Gasteiger partial charge in [-0.1, -0.05) is 12.1 Å². The van der Waals surface area contributed by atoms with E-state index in [1.807, 2.05) is 11.8 Å². The van der Waals surface area contributed by atoms with Gasteiger partial charge in [0, 0.05) is 29.7 Å². The molecule has 7 heteroatoms. The normalized spacial score (nSPS) is 21.5. The van der Waals surface area contributed by atoms with Crippen molar-refractivity contribution < 1.29 is 9.53 Å². The average molecular weight is 499 g/mol. The molecule has 33 heavy (non-hydrogen) atoms. The van der Waals surface area contributed by atoms with Gasteiger partial charge >= 0.3 is 0 Å². The Labute approximate surface area is 208 Å². The Morgan fingerprint density at radius 1 is 0.970 bits per heavy atom. The lowest BCUT2D eigenvalue weighted by atomic mass is 9.99. The summed E-state index contributed by atoms with van der Waals surface area (Å²) in [6.45, 7) is 4.73. The third-order valence-corrected chi connectivity index (χ3v) is 9.22. The van der Waals surface area contributed by atoms with Crippen molar-refractivity contribution in [3.63, 3.8) is 0 Å². The van der Waals surface area contributed by atoms with Crippen LogP contribution >= 0.6 is 34.4 Å². The van der Waals surface area contributed by atoms with E-state index < -0.39 is 0 Å². The molecule has 0 spiro atoms. The van der Waals surface area contributed by atoms with Crippen molar-refractivity contribution in [3.05, 3.63) is 69.0 Å². The van der Waals surface area contributed by atoms with E-state index in [1.54, 1.807) is 22.7 Å². The van der Waals surface area contributed by atoms with Crippen molar-refractivity contribution in [1.82, 2.24) is 4.90 Å². The summed E-state index contributed by atoms with van der Waals surface area (Å²) in [6, 6.07) is 12.9. The first kappa shape index (κ1) is 23.1. The number of carbonyl (C=O) groups excluding carboxylic acids is 1. The molecule has 5 rings (SSSR count). The minimum absolute atomic E-state index is 0.0593. The maximum absolute atomic E-state index is 13.8. The molecule has 174 valence electrons. The molecule has 2 unspecified atom stereocenters. The second kappa shape index (κ2) is 11.2. The van der Waals surface area contributed by atoms with Crippen molar-refractivity contribution in [2.24, 2.45) is 0 Å². The first-order valence-corrected chi connectivity index (χ1v) is 14.5.